The van der Waals surface area contributed by atoms with E-state index in [4.69, 9.17) is 12.2 Å². The molecule has 0 aromatic heterocycles. The van der Waals surface area contributed by atoms with Crippen LogP contribution in [0.3, 0.4) is 0 Å². The van der Waals surface area contributed by atoms with Crippen LogP contribution in [0, 0.1) is 18.2 Å². The van der Waals surface area contributed by atoms with Crippen molar-refractivity contribution in [2.45, 2.75) is 6.92 Å². The van der Waals surface area contributed by atoms with Crippen molar-refractivity contribution in [3.8, 4) is 12.3 Å². The van der Waals surface area contributed by atoms with E-state index >= 15 is 0 Å². The van der Waals surface area contributed by atoms with Gasteiger partial charge in [-0.25, -0.2) is 4.39 Å². The highest BCUT2D eigenvalue weighted by molar-refractivity contribution is 5.95. The summed E-state index contributed by atoms with van der Waals surface area (Å²) < 4.78 is 13.4. The first kappa shape index (κ1) is 12.1. The van der Waals surface area contributed by atoms with Gasteiger partial charge in [0.05, 0.1) is 12.1 Å². The second-order valence-corrected chi connectivity index (χ2v) is 3.26. The van der Waals surface area contributed by atoms with Crippen LogP contribution in [0.25, 0.3) is 0 Å². The number of anilines is 1. The summed E-state index contributed by atoms with van der Waals surface area (Å²) in [6.45, 7) is 2.36. The monoisotopic (exact) mass is 220 g/mol. The molecule has 84 valence electrons. The molecule has 16 heavy (non-hydrogen) atoms. The number of benzene rings is 1. The largest absolute Gasteiger partial charge is 0.399 e. The lowest BCUT2D eigenvalue weighted by atomic mass is 10.1. The predicted octanol–water partition coefficient (Wildman–Crippen LogP) is 1.50. The van der Waals surface area contributed by atoms with E-state index in [2.05, 4.69) is 5.92 Å². The Morgan fingerprint density at radius 1 is 1.62 bits per heavy atom. The number of hydrogen-bond donors (Lipinski definition) is 1. The molecule has 0 atom stereocenters. The topological polar surface area (TPSA) is 46.3 Å². The maximum atomic E-state index is 13.4. The summed E-state index contributed by atoms with van der Waals surface area (Å²) in [4.78, 5) is 13.2. The number of nitrogen functional groups attached to an aromatic ring is 1. The number of nitrogens with zero attached hydrogens (tertiary/aromatic N) is 1. The van der Waals surface area contributed by atoms with Crippen LogP contribution in [0.15, 0.2) is 18.2 Å². The minimum absolute atomic E-state index is 0.0444. The third-order valence-corrected chi connectivity index (χ3v) is 2.17. The highest BCUT2D eigenvalue weighted by atomic mass is 19.1. The van der Waals surface area contributed by atoms with E-state index in [1.807, 2.05) is 0 Å². The van der Waals surface area contributed by atoms with Crippen LogP contribution in [0.2, 0.25) is 0 Å². The zero-order valence-electron chi connectivity index (χ0n) is 9.03. The molecule has 0 aliphatic carbocycles. The Hall–Kier alpha value is -2.02. The number of nitrogens with two attached hydrogens (primary N) is 1. The number of carbonyl (C=O) groups excluding carboxylic acids is 1. The van der Waals surface area contributed by atoms with Crippen molar-refractivity contribution in [1.82, 2.24) is 4.90 Å². The van der Waals surface area contributed by atoms with Gasteiger partial charge in [-0.2, -0.15) is 0 Å². The molecule has 0 heterocycles. The molecule has 0 unspecified atom stereocenters. The standard InChI is InChI=1S/C12H13FN2O/c1-3-7-15(4-2)12(16)10-8-9(14)5-6-11(10)13/h1,5-6,8H,4,7,14H2,2H3. The molecule has 1 rings (SSSR count). The van der Waals surface area contributed by atoms with E-state index in [1.165, 1.54) is 23.1 Å². The molecule has 0 bridgehead atoms. The van der Waals surface area contributed by atoms with Gasteiger partial charge in [-0.05, 0) is 25.1 Å². The van der Waals surface area contributed by atoms with Crippen LogP contribution >= 0.6 is 0 Å². The molecule has 0 saturated heterocycles. The SMILES string of the molecule is C#CCN(CC)C(=O)c1cc(N)ccc1F. The molecule has 1 amide bonds. The molecule has 4 heteroatoms. The van der Waals surface area contributed by atoms with Crippen LogP contribution in [0.5, 0.6) is 0 Å². The molecule has 1 aromatic carbocycles. The highest BCUT2D eigenvalue weighted by Gasteiger charge is 2.17. The Kier molecular flexibility index (Phi) is 3.90. The summed E-state index contributed by atoms with van der Waals surface area (Å²) in [5, 5.41) is 0. The molecule has 0 saturated carbocycles. The van der Waals surface area contributed by atoms with Crippen molar-refractivity contribution in [2.24, 2.45) is 0 Å². The first-order valence-corrected chi connectivity index (χ1v) is 4.88. The minimum atomic E-state index is -0.588. The van der Waals surface area contributed by atoms with Gasteiger partial charge in [0.25, 0.3) is 5.91 Å². The number of terminal acetylenes is 1. The Bertz CT molecular complexity index is 437. The second-order valence-electron chi connectivity index (χ2n) is 3.26. The molecule has 1 aromatic rings. The number of halogens is 1. The van der Waals surface area contributed by atoms with Crippen molar-refractivity contribution < 1.29 is 9.18 Å². The fourth-order valence-corrected chi connectivity index (χ4v) is 1.31. The Labute approximate surface area is 94.0 Å². The molecule has 2 N–H and O–H groups in total. The number of carbonyl (C=O) groups is 1. The van der Waals surface area contributed by atoms with E-state index < -0.39 is 11.7 Å². The van der Waals surface area contributed by atoms with Crippen molar-refractivity contribution >= 4 is 11.6 Å². The summed E-state index contributed by atoms with van der Waals surface area (Å²) in [6, 6.07) is 3.90. The normalized spacial score (nSPS) is 9.56. The summed E-state index contributed by atoms with van der Waals surface area (Å²) >= 11 is 0. The zero-order chi connectivity index (χ0) is 12.1. The van der Waals surface area contributed by atoms with Gasteiger partial charge in [0, 0.05) is 12.2 Å². The zero-order valence-corrected chi connectivity index (χ0v) is 9.03. The number of hydrogen-bond acceptors (Lipinski definition) is 2. The van der Waals surface area contributed by atoms with E-state index in [9.17, 15) is 9.18 Å². The Balaban J connectivity index is 3.03. The van der Waals surface area contributed by atoms with Crippen LogP contribution in [-0.4, -0.2) is 23.9 Å². The quantitative estimate of drug-likeness (QED) is 0.620. The Morgan fingerprint density at radius 3 is 2.88 bits per heavy atom. The maximum Gasteiger partial charge on any atom is 0.257 e. The van der Waals surface area contributed by atoms with Gasteiger partial charge in [0.15, 0.2) is 0 Å². The lowest BCUT2D eigenvalue weighted by Gasteiger charge is -2.18. The third kappa shape index (κ3) is 2.51. The van der Waals surface area contributed by atoms with Crippen molar-refractivity contribution in [2.75, 3.05) is 18.8 Å². The lowest BCUT2D eigenvalue weighted by Crippen LogP contribution is -2.31. The van der Waals surface area contributed by atoms with E-state index in [0.717, 1.165) is 0 Å². The van der Waals surface area contributed by atoms with Gasteiger partial charge in [-0.1, -0.05) is 5.92 Å². The first-order chi connectivity index (χ1) is 7.60. The average Bonchev–Trinajstić information content (AvgIpc) is 2.28. The molecule has 0 spiro atoms. The smallest absolute Gasteiger partial charge is 0.257 e. The van der Waals surface area contributed by atoms with Gasteiger partial charge in [-0.15, -0.1) is 6.42 Å². The fourth-order valence-electron chi connectivity index (χ4n) is 1.31. The van der Waals surface area contributed by atoms with Crippen molar-refractivity contribution in [3.05, 3.63) is 29.6 Å². The first-order valence-electron chi connectivity index (χ1n) is 4.88. The highest BCUT2D eigenvalue weighted by Crippen LogP contribution is 2.14. The lowest BCUT2D eigenvalue weighted by molar-refractivity contribution is 0.0780. The van der Waals surface area contributed by atoms with Crippen LogP contribution in [0.1, 0.15) is 17.3 Å². The summed E-state index contributed by atoms with van der Waals surface area (Å²) in [5.74, 6) is 1.33. The number of amides is 1. The number of rotatable bonds is 3. The average molecular weight is 220 g/mol. The molecular formula is C12H13FN2O. The summed E-state index contributed by atoms with van der Waals surface area (Å²) in [6.07, 6.45) is 5.13. The van der Waals surface area contributed by atoms with Crippen molar-refractivity contribution in [1.29, 1.82) is 0 Å². The molecule has 0 aliphatic rings. The Morgan fingerprint density at radius 2 is 2.31 bits per heavy atom. The van der Waals surface area contributed by atoms with Gasteiger partial charge in [0.1, 0.15) is 5.82 Å². The van der Waals surface area contributed by atoms with Crippen LogP contribution in [-0.2, 0) is 0 Å². The van der Waals surface area contributed by atoms with E-state index in [1.54, 1.807) is 6.92 Å². The van der Waals surface area contributed by atoms with Gasteiger partial charge in [0.2, 0.25) is 0 Å². The maximum absolute atomic E-state index is 13.4. The van der Waals surface area contributed by atoms with Crippen LogP contribution < -0.4 is 5.73 Å². The summed E-state index contributed by atoms with van der Waals surface area (Å²) in [5.41, 5.74) is 5.81. The second kappa shape index (κ2) is 5.17. The minimum Gasteiger partial charge on any atom is -0.399 e. The van der Waals surface area contributed by atoms with Crippen molar-refractivity contribution in [3.63, 3.8) is 0 Å². The van der Waals surface area contributed by atoms with E-state index in [-0.39, 0.29) is 12.1 Å². The van der Waals surface area contributed by atoms with E-state index in [0.29, 0.717) is 12.2 Å². The summed E-state index contributed by atoms with van der Waals surface area (Å²) in [7, 11) is 0. The molecule has 0 fully saturated rings. The molecule has 0 aliphatic heterocycles. The third-order valence-electron chi connectivity index (χ3n) is 2.17. The fraction of sp³-hybridized carbons (Fsp3) is 0.250. The molecular weight excluding hydrogens is 207 g/mol. The van der Waals surface area contributed by atoms with Gasteiger partial charge in [-0.3, -0.25) is 4.79 Å². The molecule has 0 radical (unpaired) electrons. The molecule has 3 nitrogen and oxygen atoms in total. The predicted molar refractivity (Wildman–Crippen MR) is 61.2 cm³/mol. The van der Waals surface area contributed by atoms with Gasteiger partial charge >= 0.3 is 0 Å². The van der Waals surface area contributed by atoms with Crippen LogP contribution in [0.4, 0.5) is 10.1 Å². The van der Waals surface area contributed by atoms with Gasteiger partial charge < -0.3 is 10.6 Å².